The normalized spacial score (nSPS) is 16.0. The number of benzene rings is 2. The molecule has 3 aromatic rings. The number of nitrogens with one attached hydrogen (secondary N) is 1. The number of rotatable bonds is 2. The van der Waals surface area contributed by atoms with Crippen LogP contribution in [0, 0.1) is 25.2 Å². The first-order valence-corrected chi connectivity index (χ1v) is 11.9. The third kappa shape index (κ3) is 4.16. The Morgan fingerprint density at radius 1 is 1.03 bits per heavy atom. The topological polar surface area (TPSA) is 108 Å². The summed E-state index contributed by atoms with van der Waals surface area (Å²) in [5.41, 5.74) is 13.3. The fraction of sp³-hybridized carbons (Fsp3) is 0.379. The molecule has 1 aliphatic rings. The highest BCUT2D eigenvalue weighted by Crippen LogP contribution is 2.49. The summed E-state index contributed by atoms with van der Waals surface area (Å²) in [5, 5.41) is 29.0. The molecule has 0 bridgehead atoms. The number of hydrogen-bond acceptors (Lipinski definition) is 5. The number of aromatic amines is 1. The summed E-state index contributed by atoms with van der Waals surface area (Å²) >= 11 is 0. The van der Waals surface area contributed by atoms with Crippen molar-refractivity contribution in [1.29, 1.82) is 5.26 Å². The van der Waals surface area contributed by atoms with Crippen molar-refractivity contribution >= 4 is 0 Å². The summed E-state index contributed by atoms with van der Waals surface area (Å²) in [4.78, 5) is 0. The summed E-state index contributed by atoms with van der Waals surface area (Å²) in [6, 6.07) is 12.5. The van der Waals surface area contributed by atoms with Gasteiger partial charge in [0.25, 0.3) is 0 Å². The van der Waals surface area contributed by atoms with Crippen molar-refractivity contribution in [3.8, 4) is 29.0 Å². The second kappa shape index (κ2) is 8.20. The van der Waals surface area contributed by atoms with E-state index in [1.165, 1.54) is 0 Å². The molecule has 6 heteroatoms. The van der Waals surface area contributed by atoms with Crippen molar-refractivity contribution in [2.45, 2.75) is 72.1 Å². The number of H-pyrrole nitrogens is 1. The number of allylic oxidation sites excluding steroid dienone is 1. The number of ether oxygens (including phenoxy) is 1. The molecule has 4 rings (SSSR count). The van der Waals surface area contributed by atoms with Crippen molar-refractivity contribution in [1.82, 2.24) is 10.2 Å². The molecule has 0 amide bonds. The molecule has 0 spiro atoms. The molecule has 0 saturated heterocycles. The van der Waals surface area contributed by atoms with Crippen LogP contribution in [0.25, 0.3) is 11.3 Å². The molecular weight excluding hydrogens is 436 g/mol. The molecule has 35 heavy (non-hydrogen) atoms. The highest BCUT2D eigenvalue weighted by Gasteiger charge is 2.38. The molecule has 0 aliphatic carbocycles. The van der Waals surface area contributed by atoms with Gasteiger partial charge in [-0.15, -0.1) is 5.10 Å². The lowest BCUT2D eigenvalue weighted by Gasteiger charge is -2.31. The van der Waals surface area contributed by atoms with E-state index in [1.54, 1.807) is 0 Å². The van der Waals surface area contributed by atoms with Gasteiger partial charge in [0.05, 0.1) is 17.2 Å². The number of aromatic nitrogens is 2. The number of nitrogens with two attached hydrogens (primary N) is 1. The summed E-state index contributed by atoms with van der Waals surface area (Å²) in [5.74, 6) is 0.204. The maximum atomic E-state index is 11.3. The molecule has 1 aliphatic heterocycles. The molecule has 2 aromatic carbocycles. The zero-order valence-electron chi connectivity index (χ0n) is 21.8. The molecule has 182 valence electrons. The number of nitrogens with zero attached hydrogens (tertiary/aromatic N) is 2. The zero-order valence-corrected chi connectivity index (χ0v) is 21.8. The average Bonchev–Trinajstić information content (AvgIpc) is 3.14. The number of aromatic hydroxyl groups is 1. The Bertz CT molecular complexity index is 1360. The van der Waals surface area contributed by atoms with Gasteiger partial charge in [-0.2, -0.15) is 5.26 Å². The Balaban J connectivity index is 2.06. The van der Waals surface area contributed by atoms with Crippen LogP contribution in [0.15, 0.2) is 41.8 Å². The number of nitriles is 1. The molecule has 0 saturated carbocycles. The first kappa shape index (κ1) is 24.4. The Labute approximate surface area is 207 Å². The molecule has 4 N–H and O–H groups in total. The number of fused-ring (bicyclic) bond motifs is 1. The van der Waals surface area contributed by atoms with E-state index >= 15 is 0 Å². The molecule has 6 nitrogen and oxygen atoms in total. The van der Waals surface area contributed by atoms with E-state index in [-0.39, 0.29) is 16.7 Å². The highest BCUT2D eigenvalue weighted by molar-refractivity contribution is 5.73. The number of hydrogen-bond donors (Lipinski definition) is 3. The SMILES string of the molecule is Cc1ccc(-c2[nH]nc3c2[C@@H](c2cc(C(C)(C)C)c(O)c(C(C)(C)C)c2)C(C#N)=C(N)O3)c(C)c1. The van der Waals surface area contributed by atoms with Crippen molar-refractivity contribution in [2.75, 3.05) is 0 Å². The van der Waals surface area contributed by atoms with Gasteiger partial charge in [0, 0.05) is 5.56 Å². The second-order valence-electron chi connectivity index (χ2n) is 11.5. The van der Waals surface area contributed by atoms with Crippen LogP contribution in [0.4, 0.5) is 0 Å². The lowest BCUT2D eigenvalue weighted by Crippen LogP contribution is -2.23. The number of aryl methyl sites for hydroxylation is 2. The third-order valence-corrected chi connectivity index (χ3v) is 6.67. The van der Waals surface area contributed by atoms with Crippen molar-refractivity contribution in [2.24, 2.45) is 5.73 Å². The Morgan fingerprint density at radius 2 is 1.63 bits per heavy atom. The molecule has 0 radical (unpaired) electrons. The van der Waals surface area contributed by atoms with Crippen molar-refractivity contribution in [3.63, 3.8) is 0 Å². The van der Waals surface area contributed by atoms with Crippen LogP contribution in [-0.2, 0) is 10.8 Å². The smallest absolute Gasteiger partial charge is 0.244 e. The molecule has 0 unspecified atom stereocenters. The van der Waals surface area contributed by atoms with E-state index in [1.807, 2.05) is 12.1 Å². The van der Waals surface area contributed by atoms with Crippen LogP contribution in [-0.4, -0.2) is 15.3 Å². The summed E-state index contributed by atoms with van der Waals surface area (Å²) in [6.45, 7) is 16.5. The minimum Gasteiger partial charge on any atom is -0.507 e. The Morgan fingerprint density at radius 3 is 2.14 bits per heavy atom. The van der Waals surface area contributed by atoms with Gasteiger partial charge in [-0.3, -0.25) is 5.10 Å². The monoisotopic (exact) mass is 470 g/mol. The quantitative estimate of drug-likeness (QED) is 0.412. The standard InChI is InChI=1S/C29H34N4O2/c1-15-9-10-18(16(2)11-15)24-23-22(19(14-30)26(31)35-27(23)33-32-24)17-12-20(28(3,4)5)25(34)21(13-17)29(6,7)8/h9-13,22,34H,31H2,1-8H3,(H,32,33)/t22-/m0/s1. The largest absolute Gasteiger partial charge is 0.507 e. The fourth-order valence-corrected chi connectivity index (χ4v) is 4.84. The van der Waals surface area contributed by atoms with Gasteiger partial charge in [0.1, 0.15) is 17.4 Å². The third-order valence-electron chi connectivity index (χ3n) is 6.67. The minimum absolute atomic E-state index is 0.0476. The lowest BCUT2D eigenvalue weighted by molar-refractivity contribution is 0.378. The Hall–Kier alpha value is -3.72. The van der Waals surface area contributed by atoms with E-state index in [9.17, 15) is 10.4 Å². The summed E-state index contributed by atoms with van der Waals surface area (Å²) in [7, 11) is 0. The first-order valence-electron chi connectivity index (χ1n) is 11.9. The second-order valence-corrected chi connectivity index (χ2v) is 11.5. The van der Waals surface area contributed by atoms with Gasteiger partial charge in [-0.25, -0.2) is 0 Å². The average molecular weight is 471 g/mol. The van der Waals surface area contributed by atoms with Crippen molar-refractivity contribution in [3.05, 3.63) is 75.2 Å². The van der Waals surface area contributed by atoms with Gasteiger partial charge in [-0.1, -0.05) is 77.4 Å². The molecular formula is C29H34N4O2. The van der Waals surface area contributed by atoms with E-state index in [4.69, 9.17) is 10.5 Å². The van der Waals surface area contributed by atoms with Crippen LogP contribution in [0.1, 0.15) is 80.8 Å². The van der Waals surface area contributed by atoms with E-state index < -0.39 is 5.92 Å². The molecule has 0 fully saturated rings. The first-order chi connectivity index (χ1) is 16.2. The lowest BCUT2D eigenvalue weighted by atomic mass is 9.74. The zero-order chi connectivity index (χ0) is 25.9. The predicted molar refractivity (Wildman–Crippen MR) is 138 cm³/mol. The molecule has 1 atom stereocenters. The minimum atomic E-state index is -0.499. The molecule has 2 heterocycles. The van der Waals surface area contributed by atoms with Gasteiger partial charge in [-0.05, 0) is 46.9 Å². The highest BCUT2D eigenvalue weighted by atomic mass is 16.5. The van der Waals surface area contributed by atoms with Crippen LogP contribution in [0.2, 0.25) is 0 Å². The van der Waals surface area contributed by atoms with Gasteiger partial charge in [0.15, 0.2) is 0 Å². The summed E-state index contributed by atoms with van der Waals surface area (Å²) < 4.78 is 5.81. The van der Waals surface area contributed by atoms with Crippen LogP contribution in [0.5, 0.6) is 11.6 Å². The maximum Gasteiger partial charge on any atom is 0.244 e. The van der Waals surface area contributed by atoms with E-state index in [0.717, 1.165) is 44.6 Å². The van der Waals surface area contributed by atoms with Gasteiger partial charge in [0.2, 0.25) is 11.8 Å². The van der Waals surface area contributed by atoms with Crippen molar-refractivity contribution < 1.29 is 9.84 Å². The fourth-order valence-electron chi connectivity index (χ4n) is 4.84. The van der Waals surface area contributed by atoms with Gasteiger partial charge < -0.3 is 15.6 Å². The summed E-state index contributed by atoms with van der Waals surface area (Å²) in [6.07, 6.45) is 0. The molecule has 1 aromatic heterocycles. The van der Waals surface area contributed by atoms with Crippen LogP contribution >= 0.6 is 0 Å². The van der Waals surface area contributed by atoms with Gasteiger partial charge >= 0.3 is 0 Å². The number of phenolic OH excluding ortho intramolecular Hbond substituents is 1. The van der Waals surface area contributed by atoms with E-state index in [2.05, 4.69) is 89.9 Å². The van der Waals surface area contributed by atoms with E-state index in [0.29, 0.717) is 17.2 Å². The maximum absolute atomic E-state index is 11.3. The predicted octanol–water partition coefficient (Wildman–Crippen LogP) is 6.21. The van der Waals surface area contributed by atoms with Crippen LogP contribution < -0.4 is 10.5 Å². The Kier molecular flexibility index (Phi) is 5.72. The van der Waals surface area contributed by atoms with Crippen LogP contribution in [0.3, 0.4) is 0 Å². The number of phenols is 1.